The summed E-state index contributed by atoms with van der Waals surface area (Å²) in [5.74, 6) is -0.826. The molecule has 3 atom stereocenters. The molecule has 0 aromatic heterocycles. The Morgan fingerprint density at radius 3 is 2.80 bits per heavy atom. The highest BCUT2D eigenvalue weighted by Gasteiger charge is 2.30. The Balaban J connectivity index is 2.60. The van der Waals surface area contributed by atoms with Gasteiger partial charge in [0.2, 0.25) is 0 Å². The number of carboxylic acid groups (broad SMARTS) is 1. The quantitative estimate of drug-likeness (QED) is 0.690. The number of aliphatic hydroxyl groups excluding tert-OH is 1. The van der Waals surface area contributed by atoms with Gasteiger partial charge < -0.3 is 14.9 Å². The number of carboxylic acids is 1. The molecule has 0 aromatic carbocycles. The van der Waals surface area contributed by atoms with Crippen molar-refractivity contribution in [1.82, 2.24) is 4.90 Å². The van der Waals surface area contributed by atoms with Crippen LogP contribution >= 0.6 is 0 Å². The molecule has 1 rings (SSSR count). The van der Waals surface area contributed by atoms with E-state index in [-0.39, 0.29) is 18.5 Å². The molecule has 88 valence electrons. The number of hydrogen-bond donors (Lipinski definition) is 2. The molecule has 1 aliphatic rings. The molecule has 0 spiro atoms. The van der Waals surface area contributed by atoms with Crippen LogP contribution in [0, 0.1) is 0 Å². The van der Waals surface area contributed by atoms with Crippen molar-refractivity contribution in [3.63, 3.8) is 0 Å². The molecule has 1 fully saturated rings. The standard InChI is InChI=1S/C10H19NO4/c1-7(8(2)12)11-3-4-15-6-9(11)5-10(13)14/h7-9,12H,3-6H2,1-2H3,(H,13,14). The van der Waals surface area contributed by atoms with E-state index in [0.29, 0.717) is 19.8 Å². The van der Waals surface area contributed by atoms with E-state index < -0.39 is 12.1 Å². The van der Waals surface area contributed by atoms with Crippen LogP contribution in [0.1, 0.15) is 20.3 Å². The van der Waals surface area contributed by atoms with Crippen LogP contribution in [-0.2, 0) is 9.53 Å². The molecule has 1 heterocycles. The highest BCUT2D eigenvalue weighted by molar-refractivity contribution is 5.67. The first-order valence-corrected chi connectivity index (χ1v) is 5.25. The average Bonchev–Trinajstić information content (AvgIpc) is 2.16. The fourth-order valence-corrected chi connectivity index (χ4v) is 1.86. The maximum atomic E-state index is 10.7. The Labute approximate surface area is 89.6 Å². The van der Waals surface area contributed by atoms with Crippen molar-refractivity contribution >= 4 is 5.97 Å². The van der Waals surface area contributed by atoms with E-state index in [1.807, 2.05) is 11.8 Å². The number of aliphatic hydroxyl groups is 1. The summed E-state index contributed by atoms with van der Waals surface area (Å²) in [7, 11) is 0. The largest absolute Gasteiger partial charge is 0.481 e. The Bertz CT molecular complexity index is 219. The van der Waals surface area contributed by atoms with Crippen LogP contribution in [0.2, 0.25) is 0 Å². The van der Waals surface area contributed by atoms with E-state index in [0.717, 1.165) is 0 Å². The van der Waals surface area contributed by atoms with Gasteiger partial charge in [0, 0.05) is 18.6 Å². The van der Waals surface area contributed by atoms with Crippen molar-refractivity contribution < 1.29 is 19.7 Å². The van der Waals surface area contributed by atoms with Crippen LogP contribution in [0.15, 0.2) is 0 Å². The first-order valence-electron chi connectivity index (χ1n) is 5.25. The monoisotopic (exact) mass is 217 g/mol. The van der Waals surface area contributed by atoms with Gasteiger partial charge in [-0.05, 0) is 13.8 Å². The molecule has 0 saturated carbocycles. The summed E-state index contributed by atoms with van der Waals surface area (Å²) in [5.41, 5.74) is 0. The Hall–Kier alpha value is -0.650. The van der Waals surface area contributed by atoms with E-state index in [9.17, 15) is 9.90 Å². The fraction of sp³-hybridized carbons (Fsp3) is 0.900. The molecule has 0 amide bonds. The van der Waals surface area contributed by atoms with E-state index in [1.54, 1.807) is 6.92 Å². The minimum Gasteiger partial charge on any atom is -0.481 e. The summed E-state index contributed by atoms with van der Waals surface area (Å²) >= 11 is 0. The van der Waals surface area contributed by atoms with Gasteiger partial charge >= 0.3 is 5.97 Å². The van der Waals surface area contributed by atoms with Gasteiger partial charge in [-0.15, -0.1) is 0 Å². The zero-order valence-electron chi connectivity index (χ0n) is 9.22. The molecule has 5 nitrogen and oxygen atoms in total. The van der Waals surface area contributed by atoms with Crippen LogP contribution < -0.4 is 0 Å². The molecule has 0 aromatic rings. The molecule has 0 bridgehead atoms. The van der Waals surface area contributed by atoms with Crippen LogP contribution in [0.25, 0.3) is 0 Å². The Kier molecular flexibility index (Phi) is 4.50. The highest BCUT2D eigenvalue weighted by atomic mass is 16.5. The third-order valence-electron chi connectivity index (χ3n) is 2.90. The summed E-state index contributed by atoms with van der Waals surface area (Å²) in [6.07, 6.45) is -0.392. The van der Waals surface area contributed by atoms with Gasteiger partial charge in [-0.1, -0.05) is 0 Å². The first-order chi connectivity index (χ1) is 7.02. The predicted molar refractivity (Wildman–Crippen MR) is 54.7 cm³/mol. The lowest BCUT2D eigenvalue weighted by atomic mass is 10.1. The predicted octanol–water partition coefficient (Wildman–Crippen LogP) is -0.0688. The summed E-state index contributed by atoms with van der Waals surface area (Å²) in [4.78, 5) is 12.7. The second-order valence-electron chi connectivity index (χ2n) is 4.05. The van der Waals surface area contributed by atoms with Crippen molar-refractivity contribution in [3.05, 3.63) is 0 Å². The fourth-order valence-electron chi connectivity index (χ4n) is 1.86. The van der Waals surface area contributed by atoms with Gasteiger partial charge in [-0.3, -0.25) is 9.69 Å². The maximum Gasteiger partial charge on any atom is 0.305 e. The van der Waals surface area contributed by atoms with Crippen LogP contribution in [0.4, 0.5) is 0 Å². The Morgan fingerprint density at radius 2 is 2.27 bits per heavy atom. The van der Waals surface area contributed by atoms with Crippen molar-refractivity contribution in [1.29, 1.82) is 0 Å². The molecule has 0 aliphatic carbocycles. The third-order valence-corrected chi connectivity index (χ3v) is 2.90. The van der Waals surface area contributed by atoms with E-state index >= 15 is 0 Å². The number of carbonyl (C=O) groups is 1. The summed E-state index contributed by atoms with van der Waals surface area (Å²) < 4.78 is 5.26. The van der Waals surface area contributed by atoms with Crippen LogP contribution in [-0.4, -0.2) is 59.0 Å². The van der Waals surface area contributed by atoms with Crippen LogP contribution in [0.5, 0.6) is 0 Å². The van der Waals surface area contributed by atoms with Gasteiger partial charge in [-0.25, -0.2) is 0 Å². The van der Waals surface area contributed by atoms with Crippen molar-refractivity contribution in [2.45, 2.75) is 38.5 Å². The normalized spacial score (nSPS) is 27.3. The molecule has 5 heteroatoms. The lowest BCUT2D eigenvalue weighted by Gasteiger charge is -2.40. The molecular formula is C10H19NO4. The molecule has 2 N–H and O–H groups in total. The summed E-state index contributed by atoms with van der Waals surface area (Å²) in [6.45, 7) is 5.35. The number of ether oxygens (including phenoxy) is 1. The molecule has 1 saturated heterocycles. The molecular weight excluding hydrogens is 198 g/mol. The molecule has 0 radical (unpaired) electrons. The Morgan fingerprint density at radius 1 is 1.60 bits per heavy atom. The summed E-state index contributed by atoms with van der Waals surface area (Å²) in [5, 5.41) is 18.3. The van der Waals surface area contributed by atoms with Gasteiger partial charge in [-0.2, -0.15) is 0 Å². The van der Waals surface area contributed by atoms with Crippen molar-refractivity contribution in [2.24, 2.45) is 0 Å². The van der Waals surface area contributed by atoms with Gasteiger partial charge in [0.15, 0.2) is 0 Å². The second-order valence-corrected chi connectivity index (χ2v) is 4.05. The summed E-state index contributed by atoms with van der Waals surface area (Å²) in [6, 6.07) is -0.154. The number of hydrogen-bond acceptors (Lipinski definition) is 4. The average molecular weight is 217 g/mol. The zero-order chi connectivity index (χ0) is 11.4. The minimum absolute atomic E-state index is 0.0294. The van der Waals surface area contributed by atoms with E-state index in [4.69, 9.17) is 9.84 Å². The van der Waals surface area contributed by atoms with Gasteiger partial charge in [0.05, 0.1) is 25.7 Å². The molecule has 3 unspecified atom stereocenters. The number of nitrogens with zero attached hydrogens (tertiary/aromatic N) is 1. The number of morpholine rings is 1. The highest BCUT2D eigenvalue weighted by Crippen LogP contribution is 2.16. The minimum atomic E-state index is -0.826. The molecule has 1 aliphatic heterocycles. The van der Waals surface area contributed by atoms with Crippen LogP contribution in [0.3, 0.4) is 0 Å². The van der Waals surface area contributed by atoms with Crippen molar-refractivity contribution in [3.8, 4) is 0 Å². The smallest absolute Gasteiger partial charge is 0.305 e. The topological polar surface area (TPSA) is 70.0 Å². The zero-order valence-corrected chi connectivity index (χ0v) is 9.22. The van der Waals surface area contributed by atoms with E-state index in [2.05, 4.69) is 0 Å². The maximum absolute atomic E-state index is 10.7. The lowest BCUT2D eigenvalue weighted by Crippen LogP contribution is -2.53. The molecule has 15 heavy (non-hydrogen) atoms. The number of aliphatic carboxylic acids is 1. The van der Waals surface area contributed by atoms with Crippen molar-refractivity contribution in [2.75, 3.05) is 19.8 Å². The second kappa shape index (κ2) is 5.44. The van der Waals surface area contributed by atoms with Gasteiger partial charge in [0.1, 0.15) is 0 Å². The van der Waals surface area contributed by atoms with E-state index in [1.165, 1.54) is 0 Å². The third kappa shape index (κ3) is 3.44. The SMILES string of the molecule is CC(O)C(C)N1CCOCC1CC(=O)O. The van der Waals surface area contributed by atoms with Gasteiger partial charge in [0.25, 0.3) is 0 Å². The first kappa shape index (κ1) is 12.4. The number of rotatable bonds is 4. The lowest BCUT2D eigenvalue weighted by molar-refractivity contribution is -0.141.